The zero-order chi connectivity index (χ0) is 13.1. The van der Waals surface area contributed by atoms with E-state index in [4.69, 9.17) is 4.74 Å². The fraction of sp³-hybridized carbons (Fsp3) is 0.929. The van der Waals surface area contributed by atoms with Crippen molar-refractivity contribution in [3.8, 4) is 0 Å². The van der Waals surface area contributed by atoms with Gasteiger partial charge in [0.25, 0.3) is 0 Å². The second-order valence-corrected chi connectivity index (χ2v) is 6.04. The molecule has 0 bridgehead atoms. The van der Waals surface area contributed by atoms with Gasteiger partial charge in [-0.3, -0.25) is 9.69 Å². The summed E-state index contributed by atoms with van der Waals surface area (Å²) in [6, 6.07) is 0. The van der Waals surface area contributed by atoms with Gasteiger partial charge in [0.05, 0.1) is 19.1 Å². The highest BCUT2D eigenvalue weighted by atomic mass is 35.5. The van der Waals surface area contributed by atoms with Crippen LogP contribution >= 0.6 is 12.4 Å². The van der Waals surface area contributed by atoms with Gasteiger partial charge in [-0.1, -0.05) is 0 Å². The van der Waals surface area contributed by atoms with E-state index < -0.39 is 0 Å². The summed E-state index contributed by atoms with van der Waals surface area (Å²) in [7, 11) is 0. The predicted octanol–water partition coefficient (Wildman–Crippen LogP) is 0.198. The Hall–Kier alpha value is -0.360. The maximum atomic E-state index is 12.1. The van der Waals surface area contributed by atoms with E-state index in [-0.39, 0.29) is 18.3 Å². The van der Waals surface area contributed by atoms with Gasteiger partial charge in [0, 0.05) is 45.8 Å². The first-order chi connectivity index (χ1) is 9.33. The van der Waals surface area contributed by atoms with Crippen LogP contribution in [0.3, 0.4) is 0 Å². The van der Waals surface area contributed by atoms with Gasteiger partial charge >= 0.3 is 0 Å². The zero-order valence-corrected chi connectivity index (χ0v) is 12.9. The maximum absolute atomic E-state index is 12.1. The van der Waals surface area contributed by atoms with Crippen molar-refractivity contribution in [1.82, 2.24) is 15.1 Å². The molecule has 20 heavy (non-hydrogen) atoms. The van der Waals surface area contributed by atoms with Gasteiger partial charge in [0.15, 0.2) is 0 Å². The average molecular weight is 304 g/mol. The fourth-order valence-electron chi connectivity index (χ4n) is 3.21. The number of piperidine rings is 1. The molecule has 1 amide bonds. The van der Waals surface area contributed by atoms with Crippen molar-refractivity contribution in [3.05, 3.63) is 0 Å². The number of amides is 1. The van der Waals surface area contributed by atoms with E-state index >= 15 is 0 Å². The van der Waals surface area contributed by atoms with Crippen LogP contribution in [0.25, 0.3) is 0 Å². The number of carbonyl (C=O) groups is 1. The quantitative estimate of drug-likeness (QED) is 0.809. The number of carbonyl (C=O) groups excluding carboxylic acids is 1. The molecule has 6 heteroatoms. The van der Waals surface area contributed by atoms with Gasteiger partial charge in [0.1, 0.15) is 0 Å². The van der Waals surface area contributed by atoms with E-state index in [1.807, 2.05) is 0 Å². The summed E-state index contributed by atoms with van der Waals surface area (Å²) < 4.78 is 5.38. The second-order valence-electron chi connectivity index (χ2n) is 6.04. The van der Waals surface area contributed by atoms with Gasteiger partial charge in [0.2, 0.25) is 5.91 Å². The van der Waals surface area contributed by atoms with E-state index in [1.54, 1.807) is 0 Å². The molecule has 0 radical (unpaired) electrons. The van der Waals surface area contributed by atoms with Gasteiger partial charge in [-0.2, -0.15) is 0 Å². The van der Waals surface area contributed by atoms with Crippen LogP contribution in [-0.4, -0.2) is 74.7 Å². The third-order valence-corrected chi connectivity index (χ3v) is 4.68. The summed E-state index contributed by atoms with van der Waals surface area (Å²) in [6.07, 6.45) is 2.34. The number of hydrogen-bond acceptors (Lipinski definition) is 4. The molecule has 3 fully saturated rings. The Bertz CT molecular complexity index is 312. The molecular formula is C14H26ClN3O2. The first-order valence-corrected chi connectivity index (χ1v) is 7.62. The van der Waals surface area contributed by atoms with Crippen LogP contribution in [0.2, 0.25) is 0 Å². The molecule has 0 aromatic rings. The van der Waals surface area contributed by atoms with Crippen LogP contribution in [0.4, 0.5) is 0 Å². The Labute approximate surface area is 127 Å². The highest BCUT2D eigenvalue weighted by molar-refractivity contribution is 5.85. The van der Waals surface area contributed by atoms with E-state index in [0.717, 1.165) is 58.4 Å². The SMILES string of the molecule is Cl.O=C(C1CNC1)N1CCC(CN2CCOCC2)CC1. The molecule has 3 heterocycles. The third-order valence-electron chi connectivity index (χ3n) is 4.68. The molecule has 0 aliphatic carbocycles. The minimum absolute atomic E-state index is 0. The molecule has 0 saturated carbocycles. The lowest BCUT2D eigenvalue weighted by Crippen LogP contribution is -2.54. The first kappa shape index (κ1) is 16.0. The van der Waals surface area contributed by atoms with Crippen LogP contribution in [0, 0.1) is 11.8 Å². The predicted molar refractivity (Wildman–Crippen MR) is 80.2 cm³/mol. The van der Waals surface area contributed by atoms with Crippen LogP contribution in [-0.2, 0) is 9.53 Å². The highest BCUT2D eigenvalue weighted by Crippen LogP contribution is 2.21. The van der Waals surface area contributed by atoms with Crippen molar-refractivity contribution in [3.63, 3.8) is 0 Å². The Morgan fingerprint density at radius 1 is 1.10 bits per heavy atom. The summed E-state index contributed by atoms with van der Waals surface area (Å²) in [5.41, 5.74) is 0. The van der Waals surface area contributed by atoms with Crippen LogP contribution in [0.5, 0.6) is 0 Å². The standard InChI is InChI=1S/C14H25N3O2.ClH/c18-14(13-9-15-10-13)17-3-1-12(2-4-17)11-16-5-7-19-8-6-16;/h12-13,15H,1-11H2;1H. The Balaban J connectivity index is 0.00000147. The Morgan fingerprint density at radius 2 is 1.75 bits per heavy atom. The van der Waals surface area contributed by atoms with Crippen molar-refractivity contribution in [2.45, 2.75) is 12.8 Å². The lowest BCUT2D eigenvalue weighted by molar-refractivity contribution is -0.138. The van der Waals surface area contributed by atoms with E-state index in [1.165, 1.54) is 19.4 Å². The number of rotatable bonds is 3. The summed E-state index contributed by atoms with van der Waals surface area (Å²) in [5.74, 6) is 1.40. The molecule has 0 aromatic heterocycles. The van der Waals surface area contributed by atoms with Crippen molar-refractivity contribution >= 4 is 18.3 Å². The highest BCUT2D eigenvalue weighted by Gasteiger charge is 2.31. The van der Waals surface area contributed by atoms with Crippen molar-refractivity contribution in [2.24, 2.45) is 11.8 Å². The molecule has 0 atom stereocenters. The third kappa shape index (κ3) is 3.85. The van der Waals surface area contributed by atoms with E-state index in [9.17, 15) is 4.79 Å². The molecule has 3 aliphatic rings. The number of likely N-dealkylation sites (tertiary alicyclic amines) is 1. The maximum Gasteiger partial charge on any atom is 0.228 e. The molecule has 1 N–H and O–H groups in total. The zero-order valence-electron chi connectivity index (χ0n) is 12.1. The summed E-state index contributed by atoms with van der Waals surface area (Å²) >= 11 is 0. The van der Waals surface area contributed by atoms with Crippen molar-refractivity contribution in [1.29, 1.82) is 0 Å². The first-order valence-electron chi connectivity index (χ1n) is 7.62. The smallest absolute Gasteiger partial charge is 0.228 e. The van der Waals surface area contributed by atoms with Gasteiger partial charge < -0.3 is 15.0 Å². The van der Waals surface area contributed by atoms with Crippen molar-refractivity contribution in [2.75, 3.05) is 59.0 Å². The molecular weight excluding hydrogens is 278 g/mol. The lowest BCUT2D eigenvalue weighted by atomic mass is 9.94. The van der Waals surface area contributed by atoms with Crippen LogP contribution < -0.4 is 5.32 Å². The Morgan fingerprint density at radius 3 is 2.30 bits per heavy atom. The van der Waals surface area contributed by atoms with Crippen LogP contribution in [0.1, 0.15) is 12.8 Å². The molecule has 3 aliphatic heterocycles. The number of hydrogen-bond donors (Lipinski definition) is 1. The number of ether oxygens (including phenoxy) is 1. The number of nitrogens with one attached hydrogen (secondary N) is 1. The molecule has 0 unspecified atom stereocenters. The molecule has 3 rings (SSSR count). The van der Waals surface area contributed by atoms with Crippen molar-refractivity contribution < 1.29 is 9.53 Å². The molecule has 0 aromatic carbocycles. The molecule has 0 spiro atoms. The largest absolute Gasteiger partial charge is 0.379 e. The Kier molecular flexibility index (Phi) is 6.08. The normalized spacial score (nSPS) is 25.9. The summed E-state index contributed by atoms with van der Waals surface area (Å²) in [5, 5.41) is 3.18. The number of nitrogens with zero attached hydrogens (tertiary/aromatic N) is 2. The molecule has 3 saturated heterocycles. The number of morpholine rings is 1. The minimum Gasteiger partial charge on any atom is -0.379 e. The molecule has 5 nitrogen and oxygen atoms in total. The topological polar surface area (TPSA) is 44.8 Å². The summed E-state index contributed by atoms with van der Waals surface area (Å²) in [6.45, 7) is 8.79. The number of halogens is 1. The van der Waals surface area contributed by atoms with Gasteiger partial charge in [-0.05, 0) is 18.8 Å². The molecule has 116 valence electrons. The second kappa shape index (κ2) is 7.59. The van der Waals surface area contributed by atoms with Gasteiger partial charge in [-0.15, -0.1) is 12.4 Å². The average Bonchev–Trinajstić information content (AvgIpc) is 2.39. The fourth-order valence-corrected chi connectivity index (χ4v) is 3.21. The van der Waals surface area contributed by atoms with Crippen LogP contribution in [0.15, 0.2) is 0 Å². The monoisotopic (exact) mass is 303 g/mol. The van der Waals surface area contributed by atoms with E-state index in [2.05, 4.69) is 15.1 Å². The van der Waals surface area contributed by atoms with Gasteiger partial charge in [-0.25, -0.2) is 0 Å². The minimum atomic E-state index is 0. The summed E-state index contributed by atoms with van der Waals surface area (Å²) in [4.78, 5) is 16.7. The van der Waals surface area contributed by atoms with E-state index in [0.29, 0.717) is 5.91 Å². The lowest BCUT2D eigenvalue weighted by Gasteiger charge is -2.38.